The summed E-state index contributed by atoms with van der Waals surface area (Å²) in [5, 5.41) is 10.7. The number of nitro groups is 1. The van der Waals surface area contributed by atoms with Gasteiger partial charge >= 0.3 is 6.18 Å². The minimum atomic E-state index is -4.78. The zero-order chi connectivity index (χ0) is 20.5. The molecule has 11 heteroatoms. The molecule has 0 aliphatic carbocycles. The highest BCUT2D eigenvalue weighted by atomic mass is 32.2. The van der Waals surface area contributed by atoms with Gasteiger partial charge in [0.05, 0.1) is 9.82 Å². The number of sulfonamides is 1. The van der Waals surface area contributed by atoms with E-state index in [0.717, 1.165) is 24.3 Å². The van der Waals surface area contributed by atoms with Crippen molar-refractivity contribution in [2.45, 2.75) is 17.1 Å². The van der Waals surface area contributed by atoms with Crippen LogP contribution in [0.25, 0.3) is 0 Å². The fourth-order valence-corrected chi connectivity index (χ4v) is 4.66. The van der Waals surface area contributed by atoms with Gasteiger partial charge in [-0.05, 0) is 24.3 Å². The third-order valence-electron chi connectivity index (χ3n) is 4.48. The van der Waals surface area contributed by atoms with Crippen LogP contribution in [0.4, 0.5) is 24.5 Å². The molecule has 1 heterocycles. The molecule has 1 unspecified atom stereocenters. The molecule has 150 valence electrons. The fraction of sp³-hybridized carbons (Fsp3) is 0.294. The first-order chi connectivity index (χ1) is 13.1. The largest absolute Gasteiger partial charge is 0.406 e. The number of benzene rings is 2. The molecule has 1 saturated heterocycles. The highest BCUT2D eigenvalue weighted by molar-refractivity contribution is 7.89. The molecule has 28 heavy (non-hydrogen) atoms. The lowest BCUT2D eigenvalue weighted by molar-refractivity contribution is -0.384. The molecule has 0 saturated carbocycles. The van der Waals surface area contributed by atoms with Gasteiger partial charge in [0.15, 0.2) is 0 Å². The van der Waals surface area contributed by atoms with Gasteiger partial charge < -0.3 is 4.90 Å². The molecule has 7 nitrogen and oxygen atoms in total. The number of hydrogen-bond acceptors (Lipinski definition) is 5. The van der Waals surface area contributed by atoms with Crippen molar-refractivity contribution in [1.82, 2.24) is 4.31 Å². The van der Waals surface area contributed by atoms with Gasteiger partial charge in [-0.25, -0.2) is 8.42 Å². The summed E-state index contributed by atoms with van der Waals surface area (Å²) in [5.74, 6) is 0. The van der Waals surface area contributed by atoms with Crippen LogP contribution in [0.5, 0.6) is 0 Å². The van der Waals surface area contributed by atoms with Crippen molar-refractivity contribution < 1.29 is 26.5 Å². The van der Waals surface area contributed by atoms with Crippen molar-refractivity contribution in [2.75, 3.05) is 24.5 Å². The monoisotopic (exact) mass is 415 g/mol. The summed E-state index contributed by atoms with van der Waals surface area (Å²) in [7, 11) is -4.48. The third kappa shape index (κ3) is 3.94. The molecule has 0 bridgehead atoms. The Morgan fingerprint density at radius 3 is 2.14 bits per heavy atom. The number of piperazine rings is 1. The number of anilines is 1. The van der Waals surface area contributed by atoms with Crippen LogP contribution >= 0.6 is 0 Å². The van der Waals surface area contributed by atoms with Crippen molar-refractivity contribution in [1.29, 1.82) is 0 Å². The first-order valence-corrected chi connectivity index (χ1v) is 9.68. The molecule has 0 radical (unpaired) electrons. The van der Waals surface area contributed by atoms with Crippen molar-refractivity contribution in [3.8, 4) is 0 Å². The summed E-state index contributed by atoms with van der Waals surface area (Å²) in [6.07, 6.45) is -4.78. The second kappa shape index (κ2) is 7.40. The predicted molar refractivity (Wildman–Crippen MR) is 95.5 cm³/mol. The predicted octanol–water partition coefficient (Wildman–Crippen LogP) is 3.04. The molecule has 2 aromatic rings. The standard InChI is InChI=1S/C17H16F3N3O4S/c18-17(19,20)16-12-21(13-4-2-1-3-5-13)10-11-22(16)28(26,27)15-8-6-14(7-9-15)23(24)25/h1-9,16H,10-12H2. The molecule has 1 aliphatic rings. The number of non-ortho nitro benzene ring substituents is 1. The summed E-state index contributed by atoms with van der Waals surface area (Å²) in [5.41, 5.74) is 0.226. The van der Waals surface area contributed by atoms with Crippen LogP contribution in [0.15, 0.2) is 59.5 Å². The highest BCUT2D eigenvalue weighted by Gasteiger charge is 2.51. The Bertz CT molecular complexity index is 950. The molecule has 1 fully saturated rings. The number of nitro benzene ring substituents is 1. The van der Waals surface area contributed by atoms with Crippen LogP contribution in [-0.2, 0) is 10.0 Å². The maximum atomic E-state index is 13.7. The molecule has 0 spiro atoms. The highest BCUT2D eigenvalue weighted by Crippen LogP contribution is 2.33. The Labute approximate surface area is 159 Å². The van der Waals surface area contributed by atoms with Gasteiger partial charge in [0, 0.05) is 37.5 Å². The van der Waals surface area contributed by atoms with Crippen LogP contribution in [0, 0.1) is 10.1 Å². The third-order valence-corrected chi connectivity index (χ3v) is 6.41. The molecular formula is C17H16F3N3O4S. The Balaban J connectivity index is 1.92. The number of para-hydroxylation sites is 1. The van der Waals surface area contributed by atoms with Crippen molar-refractivity contribution in [3.05, 3.63) is 64.7 Å². The lowest BCUT2D eigenvalue weighted by atomic mass is 10.1. The Morgan fingerprint density at radius 2 is 1.61 bits per heavy atom. The summed E-state index contributed by atoms with van der Waals surface area (Å²) in [6, 6.07) is 10.0. The van der Waals surface area contributed by atoms with E-state index in [1.807, 2.05) is 0 Å². The molecule has 0 N–H and O–H groups in total. The van der Waals surface area contributed by atoms with Gasteiger partial charge in [0.1, 0.15) is 6.04 Å². The van der Waals surface area contributed by atoms with Crippen LogP contribution in [0.2, 0.25) is 0 Å². The SMILES string of the molecule is O=[N+]([O-])c1ccc(S(=O)(=O)N2CCN(c3ccccc3)CC2C(F)(F)F)cc1. The van der Waals surface area contributed by atoms with E-state index in [-0.39, 0.29) is 18.8 Å². The van der Waals surface area contributed by atoms with Crippen LogP contribution in [0.3, 0.4) is 0 Å². The van der Waals surface area contributed by atoms with E-state index in [1.54, 1.807) is 30.3 Å². The summed E-state index contributed by atoms with van der Waals surface area (Å²) in [6.45, 7) is -0.819. The average molecular weight is 415 g/mol. The topological polar surface area (TPSA) is 83.8 Å². The molecule has 0 amide bonds. The molecular weight excluding hydrogens is 399 g/mol. The van der Waals surface area contributed by atoms with E-state index in [1.165, 1.54) is 4.90 Å². The van der Waals surface area contributed by atoms with Crippen molar-refractivity contribution in [3.63, 3.8) is 0 Å². The van der Waals surface area contributed by atoms with E-state index in [4.69, 9.17) is 0 Å². The van der Waals surface area contributed by atoms with E-state index >= 15 is 0 Å². The first-order valence-electron chi connectivity index (χ1n) is 8.24. The first kappa shape index (κ1) is 20.1. The smallest absolute Gasteiger partial charge is 0.368 e. The fourth-order valence-electron chi connectivity index (χ4n) is 3.07. The number of nitrogens with zero attached hydrogens (tertiary/aromatic N) is 3. The van der Waals surface area contributed by atoms with Gasteiger partial charge in [0.25, 0.3) is 5.69 Å². The average Bonchev–Trinajstić information content (AvgIpc) is 2.67. The van der Waals surface area contributed by atoms with Gasteiger partial charge in [-0.15, -0.1) is 0 Å². The van der Waals surface area contributed by atoms with Gasteiger partial charge in [0.2, 0.25) is 10.0 Å². The van der Waals surface area contributed by atoms with Gasteiger partial charge in [-0.3, -0.25) is 10.1 Å². The quantitative estimate of drug-likeness (QED) is 0.566. The number of alkyl halides is 3. The van der Waals surface area contributed by atoms with E-state index < -0.39 is 38.6 Å². The summed E-state index contributed by atoms with van der Waals surface area (Å²) < 4.78 is 67.1. The molecule has 3 rings (SSSR count). The van der Waals surface area contributed by atoms with E-state index in [9.17, 15) is 31.7 Å². The van der Waals surface area contributed by atoms with Crippen LogP contribution in [0.1, 0.15) is 0 Å². The second-order valence-corrected chi connectivity index (χ2v) is 8.10. The lowest BCUT2D eigenvalue weighted by Crippen LogP contribution is -2.60. The van der Waals surface area contributed by atoms with Crippen LogP contribution in [-0.4, -0.2) is 49.5 Å². The minimum Gasteiger partial charge on any atom is -0.368 e. The maximum Gasteiger partial charge on any atom is 0.406 e. The minimum absolute atomic E-state index is 0.0861. The summed E-state index contributed by atoms with van der Waals surface area (Å²) in [4.78, 5) is 11.1. The van der Waals surface area contributed by atoms with Crippen molar-refractivity contribution in [2.24, 2.45) is 0 Å². The molecule has 1 aliphatic heterocycles. The van der Waals surface area contributed by atoms with Crippen molar-refractivity contribution >= 4 is 21.4 Å². The van der Waals surface area contributed by atoms with Gasteiger partial charge in [-0.2, -0.15) is 17.5 Å². The number of halogens is 3. The Hall–Kier alpha value is -2.66. The zero-order valence-electron chi connectivity index (χ0n) is 14.4. The number of hydrogen-bond donors (Lipinski definition) is 0. The van der Waals surface area contributed by atoms with E-state index in [2.05, 4.69) is 0 Å². The summed E-state index contributed by atoms with van der Waals surface area (Å²) >= 11 is 0. The maximum absolute atomic E-state index is 13.7. The lowest BCUT2D eigenvalue weighted by Gasteiger charge is -2.42. The second-order valence-electron chi connectivity index (χ2n) is 6.21. The normalized spacial score (nSPS) is 18.8. The molecule has 1 atom stereocenters. The molecule has 2 aromatic carbocycles. The molecule has 0 aromatic heterocycles. The number of rotatable bonds is 4. The Morgan fingerprint density at radius 1 is 1.00 bits per heavy atom. The van der Waals surface area contributed by atoms with Crippen LogP contribution < -0.4 is 4.90 Å². The zero-order valence-corrected chi connectivity index (χ0v) is 15.2. The van der Waals surface area contributed by atoms with Gasteiger partial charge in [-0.1, -0.05) is 18.2 Å². The Kier molecular flexibility index (Phi) is 5.31. The van der Waals surface area contributed by atoms with E-state index in [0.29, 0.717) is 9.99 Å².